The molecule has 1 unspecified atom stereocenters. The Labute approximate surface area is 128 Å². The van der Waals surface area contributed by atoms with E-state index in [1.54, 1.807) is 0 Å². The summed E-state index contributed by atoms with van der Waals surface area (Å²) in [6.07, 6.45) is 2.55. The Morgan fingerprint density at radius 2 is 2.43 bits per heavy atom. The molecule has 114 valence electrons. The zero-order chi connectivity index (χ0) is 14.7. The lowest BCUT2D eigenvalue weighted by molar-refractivity contribution is 0.206. The molecule has 2 aromatic heterocycles. The van der Waals surface area contributed by atoms with Gasteiger partial charge in [0.05, 0.1) is 12.1 Å². The van der Waals surface area contributed by atoms with E-state index >= 15 is 0 Å². The SMILES string of the molecule is CCN(Cc1nc2ccsc2c(=O)[nH]1)CC1CCCNC1. The Morgan fingerprint density at radius 3 is 3.19 bits per heavy atom. The van der Waals surface area contributed by atoms with Crippen LogP contribution in [0.15, 0.2) is 16.2 Å². The molecule has 5 nitrogen and oxygen atoms in total. The molecule has 0 aliphatic carbocycles. The molecule has 0 spiro atoms. The van der Waals surface area contributed by atoms with Gasteiger partial charge >= 0.3 is 0 Å². The molecule has 2 aromatic rings. The maximum atomic E-state index is 12.0. The van der Waals surface area contributed by atoms with E-state index in [2.05, 4.69) is 27.1 Å². The molecular formula is C15H22N4OS. The van der Waals surface area contributed by atoms with E-state index in [1.807, 2.05) is 11.4 Å². The molecule has 1 atom stereocenters. The third-order valence-corrected chi connectivity index (χ3v) is 5.00. The molecule has 2 N–H and O–H groups in total. The fourth-order valence-corrected chi connectivity index (χ4v) is 3.68. The largest absolute Gasteiger partial charge is 0.316 e. The molecule has 6 heteroatoms. The minimum absolute atomic E-state index is 0.0135. The first-order chi connectivity index (χ1) is 10.3. The zero-order valence-electron chi connectivity index (χ0n) is 12.4. The highest BCUT2D eigenvalue weighted by molar-refractivity contribution is 7.17. The van der Waals surface area contributed by atoms with Gasteiger partial charge in [0.15, 0.2) is 0 Å². The zero-order valence-corrected chi connectivity index (χ0v) is 13.2. The van der Waals surface area contributed by atoms with E-state index in [9.17, 15) is 4.79 Å². The van der Waals surface area contributed by atoms with Gasteiger partial charge < -0.3 is 10.3 Å². The smallest absolute Gasteiger partial charge is 0.268 e. The average molecular weight is 306 g/mol. The van der Waals surface area contributed by atoms with Crippen LogP contribution in [0.3, 0.4) is 0 Å². The average Bonchev–Trinajstić information content (AvgIpc) is 2.96. The number of rotatable bonds is 5. The highest BCUT2D eigenvalue weighted by Gasteiger charge is 2.17. The van der Waals surface area contributed by atoms with Crippen LogP contribution in [0, 0.1) is 5.92 Å². The van der Waals surface area contributed by atoms with Gasteiger partial charge in [-0.05, 0) is 49.8 Å². The van der Waals surface area contributed by atoms with Gasteiger partial charge in [0.25, 0.3) is 5.56 Å². The van der Waals surface area contributed by atoms with Gasteiger partial charge in [0, 0.05) is 6.54 Å². The summed E-state index contributed by atoms with van der Waals surface area (Å²) in [5.41, 5.74) is 0.800. The van der Waals surface area contributed by atoms with Crippen LogP contribution in [-0.2, 0) is 6.54 Å². The summed E-state index contributed by atoms with van der Waals surface area (Å²) < 4.78 is 0.721. The van der Waals surface area contributed by atoms with E-state index in [0.717, 1.165) is 42.2 Å². The van der Waals surface area contributed by atoms with Crippen LogP contribution in [0.5, 0.6) is 0 Å². The molecule has 0 saturated carbocycles. The number of thiophene rings is 1. The lowest BCUT2D eigenvalue weighted by Gasteiger charge is -2.29. The minimum Gasteiger partial charge on any atom is -0.316 e. The summed E-state index contributed by atoms with van der Waals surface area (Å²) in [5, 5.41) is 5.38. The first-order valence-corrected chi connectivity index (χ1v) is 8.53. The van der Waals surface area contributed by atoms with Crippen molar-refractivity contribution in [3.05, 3.63) is 27.6 Å². The van der Waals surface area contributed by atoms with Crippen molar-refractivity contribution in [1.82, 2.24) is 20.2 Å². The van der Waals surface area contributed by atoms with Crippen LogP contribution in [0.2, 0.25) is 0 Å². The van der Waals surface area contributed by atoms with Crippen LogP contribution in [0.1, 0.15) is 25.6 Å². The van der Waals surface area contributed by atoms with Gasteiger partial charge in [-0.2, -0.15) is 0 Å². The standard InChI is InChI=1S/C15H22N4OS/c1-2-19(9-11-4-3-6-16-8-11)10-13-17-12-5-7-21-14(12)15(20)18-13/h5,7,11,16H,2-4,6,8-10H2,1H3,(H,17,18,20). The number of nitrogens with zero attached hydrogens (tertiary/aromatic N) is 2. The van der Waals surface area contributed by atoms with Crippen LogP contribution >= 0.6 is 11.3 Å². The summed E-state index contributed by atoms with van der Waals surface area (Å²) >= 11 is 1.45. The molecule has 1 fully saturated rings. The molecule has 1 saturated heterocycles. The van der Waals surface area contributed by atoms with Crippen LogP contribution < -0.4 is 10.9 Å². The van der Waals surface area contributed by atoms with E-state index in [1.165, 1.54) is 24.2 Å². The van der Waals surface area contributed by atoms with E-state index in [-0.39, 0.29) is 5.56 Å². The van der Waals surface area contributed by atoms with Crippen LogP contribution in [0.25, 0.3) is 10.2 Å². The van der Waals surface area contributed by atoms with Gasteiger partial charge in [0.2, 0.25) is 0 Å². The van der Waals surface area contributed by atoms with Crippen molar-refractivity contribution < 1.29 is 0 Å². The molecule has 3 rings (SSSR count). The number of hydrogen-bond donors (Lipinski definition) is 2. The second kappa shape index (κ2) is 6.68. The first kappa shape index (κ1) is 14.7. The molecule has 0 bridgehead atoms. The predicted octanol–water partition coefficient (Wildman–Crippen LogP) is 1.81. The Kier molecular flexibility index (Phi) is 4.67. The lowest BCUT2D eigenvalue weighted by atomic mass is 9.99. The number of hydrogen-bond acceptors (Lipinski definition) is 5. The van der Waals surface area contributed by atoms with Gasteiger partial charge in [-0.3, -0.25) is 9.69 Å². The van der Waals surface area contributed by atoms with Crippen molar-refractivity contribution in [1.29, 1.82) is 0 Å². The van der Waals surface area contributed by atoms with Crippen molar-refractivity contribution >= 4 is 21.6 Å². The summed E-state index contributed by atoms with van der Waals surface area (Å²) in [7, 11) is 0. The minimum atomic E-state index is -0.0135. The number of aromatic amines is 1. The Bertz CT molecular complexity index is 644. The Balaban J connectivity index is 1.70. The molecule has 0 amide bonds. The van der Waals surface area contributed by atoms with Gasteiger partial charge in [-0.15, -0.1) is 11.3 Å². The first-order valence-electron chi connectivity index (χ1n) is 7.65. The summed E-state index contributed by atoms with van der Waals surface area (Å²) in [5.74, 6) is 1.48. The highest BCUT2D eigenvalue weighted by Crippen LogP contribution is 2.15. The molecule has 1 aliphatic rings. The van der Waals surface area contributed by atoms with Gasteiger partial charge in [-0.1, -0.05) is 6.92 Å². The fourth-order valence-electron chi connectivity index (χ4n) is 2.96. The van der Waals surface area contributed by atoms with Gasteiger partial charge in [0.1, 0.15) is 10.5 Å². The second-order valence-corrected chi connectivity index (χ2v) is 6.60. The van der Waals surface area contributed by atoms with Crippen molar-refractivity contribution in [2.75, 3.05) is 26.2 Å². The van der Waals surface area contributed by atoms with Crippen molar-refractivity contribution in [2.45, 2.75) is 26.3 Å². The Morgan fingerprint density at radius 1 is 1.52 bits per heavy atom. The Hall–Kier alpha value is -1.24. The predicted molar refractivity (Wildman–Crippen MR) is 86.8 cm³/mol. The number of piperidine rings is 1. The number of H-pyrrole nitrogens is 1. The summed E-state index contributed by atoms with van der Waals surface area (Å²) in [6, 6.07) is 1.92. The lowest BCUT2D eigenvalue weighted by Crippen LogP contribution is -2.38. The van der Waals surface area contributed by atoms with E-state index in [4.69, 9.17) is 0 Å². The van der Waals surface area contributed by atoms with Crippen LogP contribution in [0.4, 0.5) is 0 Å². The third-order valence-electron chi connectivity index (χ3n) is 4.10. The summed E-state index contributed by atoms with van der Waals surface area (Å²) in [4.78, 5) is 21.9. The monoisotopic (exact) mass is 306 g/mol. The molecular weight excluding hydrogens is 284 g/mol. The molecule has 21 heavy (non-hydrogen) atoms. The number of fused-ring (bicyclic) bond motifs is 1. The van der Waals surface area contributed by atoms with E-state index < -0.39 is 0 Å². The number of aromatic nitrogens is 2. The third kappa shape index (κ3) is 3.51. The molecule has 0 radical (unpaired) electrons. The van der Waals surface area contributed by atoms with Gasteiger partial charge in [-0.25, -0.2) is 4.98 Å². The van der Waals surface area contributed by atoms with Crippen molar-refractivity contribution in [3.8, 4) is 0 Å². The topological polar surface area (TPSA) is 61.0 Å². The molecule has 0 aromatic carbocycles. The normalized spacial score (nSPS) is 19.4. The molecule has 1 aliphatic heterocycles. The fraction of sp³-hybridized carbons (Fsp3) is 0.600. The number of nitrogens with one attached hydrogen (secondary N) is 2. The highest BCUT2D eigenvalue weighted by atomic mass is 32.1. The molecule has 3 heterocycles. The summed E-state index contributed by atoms with van der Waals surface area (Å²) in [6.45, 7) is 7.17. The maximum Gasteiger partial charge on any atom is 0.268 e. The van der Waals surface area contributed by atoms with Crippen molar-refractivity contribution in [3.63, 3.8) is 0 Å². The van der Waals surface area contributed by atoms with E-state index in [0.29, 0.717) is 12.5 Å². The maximum absolute atomic E-state index is 12.0. The quantitative estimate of drug-likeness (QED) is 0.884. The van der Waals surface area contributed by atoms with Crippen LogP contribution in [-0.4, -0.2) is 41.0 Å². The van der Waals surface area contributed by atoms with Crippen molar-refractivity contribution in [2.24, 2.45) is 5.92 Å². The second-order valence-electron chi connectivity index (χ2n) is 5.69.